The van der Waals surface area contributed by atoms with Crippen molar-refractivity contribution in [2.45, 2.75) is 45.5 Å². The Morgan fingerprint density at radius 1 is 0.919 bits per heavy atom. The lowest BCUT2D eigenvalue weighted by atomic mass is 10.0. The van der Waals surface area contributed by atoms with Gasteiger partial charge in [-0.1, -0.05) is 97.7 Å². The topological polar surface area (TPSA) is 49.4 Å². The van der Waals surface area contributed by atoms with Crippen LogP contribution in [-0.4, -0.2) is 35.1 Å². The van der Waals surface area contributed by atoms with Gasteiger partial charge in [-0.15, -0.1) is 11.8 Å². The SMILES string of the molecule is Cc1ccccc1CN(C(=O)CSCc1ccc(Cl)c(Cl)c1)C(Cc1ccccc1)C(=O)NCC(C)C. The largest absolute Gasteiger partial charge is 0.354 e. The van der Waals surface area contributed by atoms with Gasteiger partial charge in [-0.2, -0.15) is 0 Å². The summed E-state index contributed by atoms with van der Waals surface area (Å²) in [6.07, 6.45) is 0.444. The molecule has 4 nitrogen and oxygen atoms in total. The fourth-order valence-electron chi connectivity index (χ4n) is 3.92. The van der Waals surface area contributed by atoms with E-state index in [2.05, 4.69) is 19.2 Å². The summed E-state index contributed by atoms with van der Waals surface area (Å²) in [7, 11) is 0. The van der Waals surface area contributed by atoms with Crippen LogP contribution in [0.1, 0.15) is 36.1 Å². The number of hydrogen-bond donors (Lipinski definition) is 1. The molecule has 0 aromatic heterocycles. The number of aryl methyl sites for hydroxylation is 1. The third-order valence-corrected chi connectivity index (χ3v) is 7.76. The Kier molecular flexibility index (Phi) is 11.4. The zero-order valence-corrected chi connectivity index (χ0v) is 23.9. The second-order valence-electron chi connectivity index (χ2n) is 9.53. The van der Waals surface area contributed by atoms with Crippen molar-refractivity contribution >= 4 is 46.8 Å². The maximum Gasteiger partial charge on any atom is 0.243 e. The van der Waals surface area contributed by atoms with Gasteiger partial charge >= 0.3 is 0 Å². The molecule has 0 spiro atoms. The predicted octanol–water partition coefficient (Wildman–Crippen LogP) is 6.95. The van der Waals surface area contributed by atoms with E-state index in [0.717, 1.165) is 22.3 Å². The van der Waals surface area contributed by atoms with Crippen molar-refractivity contribution in [3.8, 4) is 0 Å². The summed E-state index contributed by atoms with van der Waals surface area (Å²) in [6.45, 7) is 7.07. The van der Waals surface area contributed by atoms with Gasteiger partial charge in [-0.3, -0.25) is 9.59 Å². The average Bonchev–Trinajstić information content (AvgIpc) is 2.88. The quantitative estimate of drug-likeness (QED) is 0.262. The van der Waals surface area contributed by atoms with Crippen molar-refractivity contribution in [3.05, 3.63) is 105 Å². The fourth-order valence-corrected chi connectivity index (χ4v) is 5.09. The number of thioether (sulfide) groups is 1. The van der Waals surface area contributed by atoms with Gasteiger partial charge in [0.25, 0.3) is 0 Å². The van der Waals surface area contributed by atoms with E-state index in [1.54, 1.807) is 11.0 Å². The van der Waals surface area contributed by atoms with Crippen molar-refractivity contribution in [3.63, 3.8) is 0 Å². The van der Waals surface area contributed by atoms with Crippen LogP contribution in [0.2, 0.25) is 10.0 Å². The first-order chi connectivity index (χ1) is 17.7. The molecule has 0 radical (unpaired) electrons. The molecule has 3 rings (SSSR count). The van der Waals surface area contributed by atoms with Crippen LogP contribution < -0.4 is 5.32 Å². The summed E-state index contributed by atoms with van der Waals surface area (Å²) >= 11 is 13.7. The van der Waals surface area contributed by atoms with Crippen LogP contribution in [0.5, 0.6) is 0 Å². The van der Waals surface area contributed by atoms with E-state index < -0.39 is 6.04 Å². The lowest BCUT2D eigenvalue weighted by Gasteiger charge is -2.32. The molecule has 37 heavy (non-hydrogen) atoms. The molecule has 0 bridgehead atoms. The molecule has 0 aliphatic carbocycles. The van der Waals surface area contributed by atoms with Crippen LogP contribution in [-0.2, 0) is 28.3 Å². The average molecular weight is 558 g/mol. The second kappa shape index (κ2) is 14.5. The van der Waals surface area contributed by atoms with E-state index in [0.29, 0.717) is 41.2 Å². The van der Waals surface area contributed by atoms with Crippen LogP contribution in [0, 0.1) is 12.8 Å². The summed E-state index contributed by atoms with van der Waals surface area (Å²) < 4.78 is 0. The molecule has 0 saturated heterocycles. The molecule has 0 heterocycles. The van der Waals surface area contributed by atoms with E-state index in [1.165, 1.54) is 11.8 Å². The fraction of sp³-hybridized carbons (Fsp3) is 0.333. The van der Waals surface area contributed by atoms with Gasteiger partial charge < -0.3 is 10.2 Å². The monoisotopic (exact) mass is 556 g/mol. The molecule has 1 unspecified atom stereocenters. The van der Waals surface area contributed by atoms with Crippen molar-refractivity contribution in [2.24, 2.45) is 5.92 Å². The number of nitrogens with one attached hydrogen (secondary N) is 1. The van der Waals surface area contributed by atoms with Crippen molar-refractivity contribution in [2.75, 3.05) is 12.3 Å². The Balaban J connectivity index is 1.85. The number of rotatable bonds is 12. The first kappa shape index (κ1) is 29.1. The minimum absolute atomic E-state index is 0.0751. The van der Waals surface area contributed by atoms with E-state index >= 15 is 0 Å². The Labute approximate surface area is 234 Å². The standard InChI is InChI=1S/C30H34Cl2N2O2S/c1-21(2)17-33-30(36)28(16-23-10-5-4-6-11-23)34(18-25-12-8-7-9-22(25)3)29(35)20-37-19-24-13-14-26(31)27(32)15-24/h4-15,21,28H,16-20H2,1-3H3,(H,33,36). The minimum atomic E-state index is -0.626. The second-order valence-corrected chi connectivity index (χ2v) is 11.3. The zero-order valence-electron chi connectivity index (χ0n) is 21.5. The van der Waals surface area contributed by atoms with Crippen LogP contribution in [0.15, 0.2) is 72.8 Å². The van der Waals surface area contributed by atoms with E-state index in [4.69, 9.17) is 23.2 Å². The number of carbonyl (C=O) groups excluding carboxylic acids is 2. The number of nitrogens with zero attached hydrogens (tertiary/aromatic N) is 1. The highest BCUT2D eigenvalue weighted by Crippen LogP contribution is 2.25. The minimum Gasteiger partial charge on any atom is -0.354 e. The molecule has 1 N–H and O–H groups in total. The smallest absolute Gasteiger partial charge is 0.243 e. The van der Waals surface area contributed by atoms with Crippen LogP contribution in [0.25, 0.3) is 0 Å². The molecule has 0 fully saturated rings. The Hall–Kier alpha value is -2.47. The third-order valence-electron chi connectivity index (χ3n) is 6.04. The summed E-state index contributed by atoms with van der Waals surface area (Å²) in [5, 5.41) is 4.07. The highest BCUT2D eigenvalue weighted by Gasteiger charge is 2.30. The van der Waals surface area contributed by atoms with Gasteiger partial charge in [-0.25, -0.2) is 0 Å². The summed E-state index contributed by atoms with van der Waals surface area (Å²) in [6, 6.07) is 22.7. The Bertz CT molecular complexity index is 1190. The van der Waals surface area contributed by atoms with Gasteiger partial charge in [0.05, 0.1) is 15.8 Å². The molecule has 3 aromatic carbocycles. The first-order valence-electron chi connectivity index (χ1n) is 12.4. The summed E-state index contributed by atoms with van der Waals surface area (Å²) in [5.74, 6) is 0.963. The highest BCUT2D eigenvalue weighted by molar-refractivity contribution is 7.99. The predicted molar refractivity (Wildman–Crippen MR) is 156 cm³/mol. The van der Waals surface area contributed by atoms with E-state index in [1.807, 2.05) is 73.7 Å². The van der Waals surface area contributed by atoms with Crippen molar-refractivity contribution in [1.29, 1.82) is 0 Å². The molecular weight excluding hydrogens is 523 g/mol. The van der Waals surface area contributed by atoms with Crippen molar-refractivity contribution < 1.29 is 9.59 Å². The lowest BCUT2D eigenvalue weighted by molar-refractivity contribution is -0.139. The lowest BCUT2D eigenvalue weighted by Crippen LogP contribution is -2.51. The molecule has 0 aliphatic heterocycles. The Morgan fingerprint density at radius 3 is 2.30 bits per heavy atom. The molecular formula is C30H34Cl2N2O2S. The van der Waals surface area contributed by atoms with Gasteiger partial charge in [0.2, 0.25) is 11.8 Å². The maximum absolute atomic E-state index is 13.7. The van der Waals surface area contributed by atoms with Gasteiger partial charge in [0.1, 0.15) is 6.04 Å². The third kappa shape index (κ3) is 9.10. The van der Waals surface area contributed by atoms with Crippen molar-refractivity contribution in [1.82, 2.24) is 10.2 Å². The number of carbonyl (C=O) groups is 2. The first-order valence-corrected chi connectivity index (χ1v) is 14.3. The van der Waals surface area contributed by atoms with Gasteiger partial charge in [-0.05, 0) is 47.2 Å². The number of amides is 2. The van der Waals surface area contributed by atoms with Crippen LogP contribution >= 0.6 is 35.0 Å². The summed E-state index contributed by atoms with van der Waals surface area (Å²) in [5.41, 5.74) is 4.12. The Morgan fingerprint density at radius 2 is 1.62 bits per heavy atom. The number of hydrogen-bond acceptors (Lipinski definition) is 3. The molecule has 3 aromatic rings. The van der Waals surface area contributed by atoms with Crippen LogP contribution in [0.4, 0.5) is 0 Å². The molecule has 2 amide bonds. The molecule has 0 aliphatic rings. The van der Waals surface area contributed by atoms with E-state index in [-0.39, 0.29) is 17.6 Å². The molecule has 7 heteroatoms. The highest BCUT2D eigenvalue weighted by atomic mass is 35.5. The maximum atomic E-state index is 13.7. The zero-order chi connectivity index (χ0) is 26.8. The normalized spacial score (nSPS) is 11.8. The number of benzene rings is 3. The molecule has 196 valence electrons. The van der Waals surface area contributed by atoms with E-state index in [9.17, 15) is 9.59 Å². The molecule has 0 saturated carbocycles. The van der Waals surface area contributed by atoms with Gasteiger partial charge in [0.15, 0.2) is 0 Å². The molecule has 1 atom stereocenters. The summed E-state index contributed by atoms with van der Waals surface area (Å²) in [4.78, 5) is 29.0. The van der Waals surface area contributed by atoms with Crippen LogP contribution in [0.3, 0.4) is 0 Å². The van der Waals surface area contributed by atoms with Gasteiger partial charge in [0, 0.05) is 25.3 Å². The number of halogens is 2.